The van der Waals surface area contributed by atoms with Crippen molar-refractivity contribution in [3.8, 4) is 0 Å². The summed E-state index contributed by atoms with van der Waals surface area (Å²) in [6, 6.07) is -1.17. The van der Waals surface area contributed by atoms with E-state index in [2.05, 4.69) is 5.32 Å². The third kappa shape index (κ3) is 3.87. The van der Waals surface area contributed by atoms with Crippen LogP contribution in [0.4, 0.5) is 22.0 Å². The van der Waals surface area contributed by atoms with Gasteiger partial charge in [-0.2, -0.15) is 0 Å². The number of hydrogen-bond donors (Lipinski definition) is 2. The van der Waals surface area contributed by atoms with Crippen molar-refractivity contribution in [2.24, 2.45) is 0 Å². The molecule has 0 saturated carbocycles. The van der Waals surface area contributed by atoms with Gasteiger partial charge in [-0.25, -0.2) is 22.0 Å². The Hall–Kier alpha value is -0.960. The molecule has 1 fully saturated rings. The monoisotopic (exact) mass is 346 g/mol. The van der Waals surface area contributed by atoms with E-state index in [0.29, 0.717) is 19.2 Å². The van der Waals surface area contributed by atoms with Crippen molar-refractivity contribution in [1.82, 2.24) is 10.2 Å². The van der Waals surface area contributed by atoms with E-state index in [9.17, 15) is 22.0 Å². The van der Waals surface area contributed by atoms with Crippen LogP contribution in [0.1, 0.15) is 11.6 Å². The van der Waals surface area contributed by atoms with E-state index in [-0.39, 0.29) is 31.6 Å². The fourth-order valence-electron chi connectivity index (χ4n) is 2.47. The van der Waals surface area contributed by atoms with Gasteiger partial charge in [0, 0.05) is 37.8 Å². The lowest BCUT2D eigenvalue weighted by Crippen LogP contribution is -2.51. The molecule has 0 amide bonds. The summed E-state index contributed by atoms with van der Waals surface area (Å²) in [4.78, 5) is 1.25. The third-order valence-corrected chi connectivity index (χ3v) is 3.46. The number of piperazine rings is 1. The SMILES string of the molecule is Cl.OCC(F)(F)[C@H](c1cc(F)c(F)cc1F)N1CCNCC1. The van der Waals surface area contributed by atoms with Crippen molar-refractivity contribution >= 4 is 12.4 Å². The summed E-state index contributed by atoms with van der Waals surface area (Å²) in [5, 5.41) is 11.8. The lowest BCUT2D eigenvalue weighted by molar-refractivity contribution is -0.119. The first-order valence-corrected chi connectivity index (χ1v) is 6.44. The summed E-state index contributed by atoms with van der Waals surface area (Å²) >= 11 is 0. The summed E-state index contributed by atoms with van der Waals surface area (Å²) in [7, 11) is 0. The first-order valence-electron chi connectivity index (χ1n) is 6.44. The molecule has 22 heavy (non-hydrogen) atoms. The summed E-state index contributed by atoms with van der Waals surface area (Å²) in [5.41, 5.74) is -0.658. The van der Waals surface area contributed by atoms with Gasteiger partial charge in [0.05, 0.1) is 0 Å². The van der Waals surface area contributed by atoms with Crippen molar-refractivity contribution in [3.05, 3.63) is 35.1 Å². The van der Waals surface area contributed by atoms with Crippen LogP contribution in [0.2, 0.25) is 0 Å². The van der Waals surface area contributed by atoms with Crippen LogP contribution in [-0.2, 0) is 0 Å². The van der Waals surface area contributed by atoms with E-state index < -0.39 is 41.6 Å². The molecule has 1 aromatic rings. The zero-order valence-electron chi connectivity index (χ0n) is 11.5. The van der Waals surface area contributed by atoms with Gasteiger partial charge in [-0.05, 0) is 6.07 Å². The average molecular weight is 347 g/mol. The Balaban J connectivity index is 0.00000242. The predicted octanol–water partition coefficient (Wildman–Crippen LogP) is 2.10. The molecule has 0 radical (unpaired) electrons. The highest BCUT2D eigenvalue weighted by Gasteiger charge is 2.45. The van der Waals surface area contributed by atoms with Gasteiger partial charge in [-0.3, -0.25) is 4.90 Å². The van der Waals surface area contributed by atoms with E-state index in [1.807, 2.05) is 0 Å². The summed E-state index contributed by atoms with van der Waals surface area (Å²) in [6.45, 7) is -0.343. The number of hydrogen-bond acceptors (Lipinski definition) is 3. The topological polar surface area (TPSA) is 35.5 Å². The molecule has 0 aromatic heterocycles. The Morgan fingerprint density at radius 1 is 1.09 bits per heavy atom. The molecule has 2 rings (SSSR count). The number of halogens is 6. The highest BCUT2D eigenvalue weighted by atomic mass is 35.5. The summed E-state index contributed by atoms with van der Waals surface area (Å²) < 4.78 is 68.1. The highest BCUT2D eigenvalue weighted by molar-refractivity contribution is 5.85. The molecule has 1 saturated heterocycles. The van der Waals surface area contributed by atoms with Crippen molar-refractivity contribution in [1.29, 1.82) is 0 Å². The molecule has 0 aliphatic carbocycles. The number of rotatable bonds is 4. The van der Waals surface area contributed by atoms with E-state index in [1.54, 1.807) is 0 Å². The van der Waals surface area contributed by atoms with Crippen molar-refractivity contribution in [2.45, 2.75) is 12.0 Å². The zero-order valence-corrected chi connectivity index (χ0v) is 12.3. The maximum absolute atomic E-state index is 14.0. The minimum atomic E-state index is -3.68. The van der Waals surface area contributed by atoms with Crippen LogP contribution in [0, 0.1) is 17.5 Å². The molecule has 0 bridgehead atoms. The number of benzene rings is 1. The average Bonchev–Trinajstić information content (AvgIpc) is 2.45. The molecule has 2 N–H and O–H groups in total. The molecule has 0 unspecified atom stereocenters. The molecule has 1 atom stereocenters. The summed E-state index contributed by atoms with van der Waals surface area (Å²) in [6.07, 6.45) is 0. The second kappa shape index (κ2) is 7.54. The van der Waals surface area contributed by atoms with Gasteiger partial charge < -0.3 is 10.4 Å². The Morgan fingerprint density at radius 2 is 1.64 bits per heavy atom. The second-order valence-electron chi connectivity index (χ2n) is 4.90. The van der Waals surface area contributed by atoms with Gasteiger partial charge in [-0.1, -0.05) is 0 Å². The van der Waals surface area contributed by atoms with Crippen LogP contribution in [0.3, 0.4) is 0 Å². The minimum absolute atomic E-state index is 0. The fourth-order valence-corrected chi connectivity index (χ4v) is 2.47. The minimum Gasteiger partial charge on any atom is -0.390 e. The second-order valence-corrected chi connectivity index (χ2v) is 4.90. The van der Waals surface area contributed by atoms with Gasteiger partial charge in [0.1, 0.15) is 18.5 Å². The predicted molar refractivity (Wildman–Crippen MR) is 72.8 cm³/mol. The van der Waals surface area contributed by atoms with Crippen LogP contribution in [-0.4, -0.2) is 48.7 Å². The maximum atomic E-state index is 14.0. The molecule has 1 aromatic carbocycles. The third-order valence-electron chi connectivity index (χ3n) is 3.46. The zero-order chi connectivity index (χ0) is 15.6. The lowest BCUT2D eigenvalue weighted by Gasteiger charge is -2.38. The van der Waals surface area contributed by atoms with Gasteiger partial charge in [0.25, 0.3) is 5.92 Å². The van der Waals surface area contributed by atoms with Crippen LogP contribution < -0.4 is 5.32 Å². The first kappa shape index (κ1) is 19.1. The standard InChI is InChI=1S/C13H15F5N2O.ClH/c14-9-6-11(16)10(15)5-8(9)12(13(17,18)7-21)20-3-1-19-2-4-20;/h5-6,12,19,21H,1-4,7H2;1H/t12-;/m0./s1. The molecule has 9 heteroatoms. The Kier molecular flexibility index (Phi) is 6.54. The number of alkyl halides is 2. The van der Waals surface area contributed by atoms with Crippen LogP contribution in [0.25, 0.3) is 0 Å². The van der Waals surface area contributed by atoms with Crippen molar-refractivity contribution in [3.63, 3.8) is 0 Å². The van der Waals surface area contributed by atoms with Crippen LogP contribution >= 0.6 is 12.4 Å². The van der Waals surface area contributed by atoms with Gasteiger partial charge in [0.15, 0.2) is 11.6 Å². The van der Waals surface area contributed by atoms with E-state index in [1.165, 1.54) is 4.90 Å². The number of nitrogens with zero attached hydrogens (tertiary/aromatic N) is 1. The lowest BCUT2D eigenvalue weighted by atomic mass is 9.97. The maximum Gasteiger partial charge on any atom is 0.290 e. The molecular weight excluding hydrogens is 331 g/mol. The normalized spacial score (nSPS) is 17.9. The summed E-state index contributed by atoms with van der Waals surface area (Å²) in [5.74, 6) is -7.78. The molecule has 1 aliphatic heterocycles. The van der Waals surface area contributed by atoms with Gasteiger partial charge in [-0.15, -0.1) is 12.4 Å². The van der Waals surface area contributed by atoms with E-state index in [4.69, 9.17) is 5.11 Å². The van der Waals surface area contributed by atoms with Crippen molar-refractivity contribution in [2.75, 3.05) is 32.8 Å². The van der Waals surface area contributed by atoms with Crippen LogP contribution in [0.15, 0.2) is 12.1 Å². The molecule has 1 aliphatic rings. The largest absolute Gasteiger partial charge is 0.390 e. The molecule has 3 nitrogen and oxygen atoms in total. The fraction of sp³-hybridized carbons (Fsp3) is 0.538. The van der Waals surface area contributed by atoms with Crippen LogP contribution in [0.5, 0.6) is 0 Å². The highest BCUT2D eigenvalue weighted by Crippen LogP contribution is 2.38. The quantitative estimate of drug-likeness (QED) is 0.647. The molecule has 0 spiro atoms. The number of nitrogens with one attached hydrogen (secondary N) is 1. The first-order chi connectivity index (χ1) is 9.86. The number of aliphatic hydroxyl groups excluding tert-OH is 1. The molecule has 126 valence electrons. The van der Waals surface area contributed by atoms with E-state index in [0.717, 1.165) is 0 Å². The molecular formula is C13H16ClF5N2O. The van der Waals surface area contributed by atoms with E-state index >= 15 is 0 Å². The van der Waals surface area contributed by atoms with Crippen molar-refractivity contribution < 1.29 is 27.1 Å². The van der Waals surface area contributed by atoms with Gasteiger partial charge >= 0.3 is 0 Å². The smallest absolute Gasteiger partial charge is 0.290 e. The Morgan fingerprint density at radius 3 is 2.18 bits per heavy atom. The van der Waals surface area contributed by atoms with Gasteiger partial charge in [0.2, 0.25) is 0 Å². The molecule has 1 heterocycles. The Labute approximate surface area is 130 Å². The Bertz CT molecular complexity index is 511. The number of aliphatic hydroxyl groups is 1.